The van der Waals surface area contributed by atoms with Crippen LogP contribution in [0.4, 0.5) is 5.69 Å². The SMILES string of the molecule is CN(C)c1ccccc1-n1cnc2ccc(C(=O)O)cc21. The molecule has 0 aliphatic carbocycles. The summed E-state index contributed by atoms with van der Waals surface area (Å²) in [5.74, 6) is -0.939. The quantitative estimate of drug-likeness (QED) is 0.802. The van der Waals surface area contributed by atoms with E-state index in [1.54, 1.807) is 24.5 Å². The molecule has 21 heavy (non-hydrogen) atoms. The predicted molar refractivity (Wildman–Crippen MR) is 82.4 cm³/mol. The zero-order valence-corrected chi connectivity index (χ0v) is 11.8. The molecule has 0 fully saturated rings. The average molecular weight is 281 g/mol. The van der Waals surface area contributed by atoms with Crippen LogP contribution in [0.2, 0.25) is 0 Å². The Labute approximate surface area is 122 Å². The molecule has 1 heterocycles. The Morgan fingerprint density at radius 1 is 1.19 bits per heavy atom. The third-order valence-electron chi connectivity index (χ3n) is 3.42. The largest absolute Gasteiger partial charge is 0.478 e. The number of nitrogens with zero attached hydrogens (tertiary/aromatic N) is 3. The minimum absolute atomic E-state index is 0.256. The molecule has 1 N–H and O–H groups in total. The Balaban J connectivity index is 2.26. The zero-order chi connectivity index (χ0) is 15.0. The van der Waals surface area contributed by atoms with E-state index in [4.69, 9.17) is 5.11 Å². The fourth-order valence-corrected chi connectivity index (χ4v) is 2.38. The molecular weight excluding hydrogens is 266 g/mol. The molecule has 106 valence electrons. The maximum Gasteiger partial charge on any atom is 0.335 e. The van der Waals surface area contributed by atoms with Crippen molar-refractivity contribution in [3.8, 4) is 5.69 Å². The second-order valence-corrected chi connectivity index (χ2v) is 5.01. The topological polar surface area (TPSA) is 58.4 Å². The van der Waals surface area contributed by atoms with Crippen molar-refractivity contribution in [2.45, 2.75) is 0 Å². The van der Waals surface area contributed by atoms with E-state index in [1.807, 2.05) is 47.8 Å². The molecule has 3 aromatic rings. The molecule has 0 saturated carbocycles. The van der Waals surface area contributed by atoms with Crippen molar-refractivity contribution in [1.82, 2.24) is 9.55 Å². The smallest absolute Gasteiger partial charge is 0.335 e. The third-order valence-corrected chi connectivity index (χ3v) is 3.42. The number of rotatable bonds is 3. The number of anilines is 1. The fraction of sp³-hybridized carbons (Fsp3) is 0.125. The van der Waals surface area contributed by atoms with E-state index in [9.17, 15) is 4.79 Å². The van der Waals surface area contributed by atoms with Gasteiger partial charge in [0.2, 0.25) is 0 Å². The van der Waals surface area contributed by atoms with Gasteiger partial charge in [0, 0.05) is 14.1 Å². The molecule has 0 unspecified atom stereocenters. The average Bonchev–Trinajstić information content (AvgIpc) is 2.89. The van der Waals surface area contributed by atoms with Gasteiger partial charge in [0.15, 0.2) is 0 Å². The lowest BCUT2D eigenvalue weighted by atomic mass is 10.2. The number of para-hydroxylation sites is 2. The van der Waals surface area contributed by atoms with Crippen LogP contribution >= 0.6 is 0 Å². The number of hydrogen-bond donors (Lipinski definition) is 1. The van der Waals surface area contributed by atoms with Crippen LogP contribution in [0.3, 0.4) is 0 Å². The number of imidazole rings is 1. The highest BCUT2D eigenvalue weighted by Crippen LogP contribution is 2.26. The highest BCUT2D eigenvalue weighted by atomic mass is 16.4. The summed E-state index contributed by atoms with van der Waals surface area (Å²) >= 11 is 0. The number of fused-ring (bicyclic) bond motifs is 1. The second-order valence-electron chi connectivity index (χ2n) is 5.01. The molecule has 1 aromatic heterocycles. The lowest BCUT2D eigenvalue weighted by Gasteiger charge is -2.18. The van der Waals surface area contributed by atoms with E-state index >= 15 is 0 Å². The molecular formula is C16H15N3O2. The zero-order valence-electron chi connectivity index (χ0n) is 11.8. The van der Waals surface area contributed by atoms with Crippen molar-refractivity contribution < 1.29 is 9.90 Å². The molecule has 0 aliphatic heterocycles. The molecule has 3 rings (SSSR count). The molecule has 0 radical (unpaired) electrons. The number of aromatic carboxylic acids is 1. The van der Waals surface area contributed by atoms with Crippen molar-refractivity contribution in [3.05, 3.63) is 54.4 Å². The maximum absolute atomic E-state index is 11.2. The number of carboxylic acids is 1. The molecule has 0 saturated heterocycles. The summed E-state index contributed by atoms with van der Waals surface area (Å²) in [6, 6.07) is 12.9. The van der Waals surface area contributed by atoms with E-state index < -0.39 is 5.97 Å². The Morgan fingerprint density at radius 3 is 2.67 bits per heavy atom. The summed E-state index contributed by atoms with van der Waals surface area (Å²) in [4.78, 5) is 17.5. The molecule has 0 spiro atoms. The number of carbonyl (C=O) groups is 1. The summed E-state index contributed by atoms with van der Waals surface area (Å²) in [5.41, 5.74) is 3.81. The number of aromatic nitrogens is 2. The van der Waals surface area contributed by atoms with Crippen LogP contribution in [-0.2, 0) is 0 Å². The van der Waals surface area contributed by atoms with Crippen LogP contribution in [-0.4, -0.2) is 34.7 Å². The Kier molecular flexibility index (Phi) is 3.10. The van der Waals surface area contributed by atoms with Gasteiger partial charge in [-0.05, 0) is 30.3 Å². The normalized spacial score (nSPS) is 10.8. The highest BCUT2D eigenvalue weighted by Gasteiger charge is 2.12. The minimum atomic E-state index is -0.939. The number of hydrogen-bond acceptors (Lipinski definition) is 3. The van der Waals surface area contributed by atoms with E-state index in [-0.39, 0.29) is 5.56 Å². The van der Waals surface area contributed by atoms with Crippen LogP contribution in [0.1, 0.15) is 10.4 Å². The summed E-state index contributed by atoms with van der Waals surface area (Å²) in [6.45, 7) is 0. The Morgan fingerprint density at radius 2 is 1.95 bits per heavy atom. The number of benzene rings is 2. The van der Waals surface area contributed by atoms with Crippen LogP contribution < -0.4 is 4.90 Å². The minimum Gasteiger partial charge on any atom is -0.478 e. The van der Waals surface area contributed by atoms with E-state index in [2.05, 4.69) is 4.98 Å². The van der Waals surface area contributed by atoms with Gasteiger partial charge in [-0.1, -0.05) is 12.1 Å². The van der Waals surface area contributed by atoms with Gasteiger partial charge in [-0.3, -0.25) is 4.57 Å². The summed E-state index contributed by atoms with van der Waals surface area (Å²) in [5, 5.41) is 9.15. The van der Waals surface area contributed by atoms with Crippen molar-refractivity contribution in [3.63, 3.8) is 0 Å². The summed E-state index contributed by atoms with van der Waals surface area (Å²) in [7, 11) is 3.95. The summed E-state index contributed by atoms with van der Waals surface area (Å²) < 4.78 is 1.91. The van der Waals surface area contributed by atoms with Crippen LogP contribution in [0.25, 0.3) is 16.7 Å². The van der Waals surface area contributed by atoms with Gasteiger partial charge in [0.25, 0.3) is 0 Å². The number of carboxylic acid groups (broad SMARTS) is 1. The van der Waals surface area contributed by atoms with E-state index in [0.717, 1.165) is 22.4 Å². The van der Waals surface area contributed by atoms with E-state index in [0.29, 0.717) is 0 Å². The Hall–Kier alpha value is -2.82. The second kappa shape index (κ2) is 4.94. The van der Waals surface area contributed by atoms with Crippen LogP contribution in [0, 0.1) is 0 Å². The van der Waals surface area contributed by atoms with Crippen molar-refractivity contribution in [2.75, 3.05) is 19.0 Å². The first-order chi connectivity index (χ1) is 10.1. The lowest BCUT2D eigenvalue weighted by molar-refractivity contribution is 0.0697. The third kappa shape index (κ3) is 2.23. The first-order valence-corrected chi connectivity index (χ1v) is 6.55. The first-order valence-electron chi connectivity index (χ1n) is 6.55. The van der Waals surface area contributed by atoms with Crippen molar-refractivity contribution >= 4 is 22.7 Å². The standard InChI is InChI=1S/C16H15N3O2/c1-18(2)13-5-3-4-6-14(13)19-10-17-12-8-7-11(16(20)21)9-15(12)19/h3-10H,1-2H3,(H,20,21). The van der Waals surface area contributed by atoms with Crippen LogP contribution in [0.15, 0.2) is 48.8 Å². The lowest BCUT2D eigenvalue weighted by Crippen LogP contribution is -2.11. The maximum atomic E-state index is 11.2. The monoisotopic (exact) mass is 281 g/mol. The molecule has 0 bridgehead atoms. The summed E-state index contributed by atoms with van der Waals surface area (Å²) in [6.07, 6.45) is 1.72. The molecule has 0 amide bonds. The van der Waals surface area contributed by atoms with Gasteiger partial charge in [-0.2, -0.15) is 0 Å². The van der Waals surface area contributed by atoms with Gasteiger partial charge in [-0.15, -0.1) is 0 Å². The van der Waals surface area contributed by atoms with Crippen molar-refractivity contribution in [1.29, 1.82) is 0 Å². The van der Waals surface area contributed by atoms with Crippen molar-refractivity contribution in [2.24, 2.45) is 0 Å². The predicted octanol–water partition coefficient (Wildman–Crippen LogP) is 2.79. The fourth-order valence-electron chi connectivity index (χ4n) is 2.38. The highest BCUT2D eigenvalue weighted by molar-refractivity contribution is 5.93. The van der Waals surface area contributed by atoms with Gasteiger partial charge < -0.3 is 10.0 Å². The van der Waals surface area contributed by atoms with Gasteiger partial charge in [0.05, 0.1) is 28.0 Å². The molecule has 2 aromatic carbocycles. The molecule has 5 nitrogen and oxygen atoms in total. The van der Waals surface area contributed by atoms with Crippen LogP contribution in [0.5, 0.6) is 0 Å². The first kappa shape index (κ1) is 13.2. The van der Waals surface area contributed by atoms with Gasteiger partial charge in [-0.25, -0.2) is 9.78 Å². The van der Waals surface area contributed by atoms with E-state index in [1.165, 1.54) is 0 Å². The van der Waals surface area contributed by atoms with Gasteiger partial charge in [0.1, 0.15) is 6.33 Å². The Bertz CT molecular complexity index is 821. The molecule has 0 atom stereocenters. The molecule has 5 heteroatoms. The molecule has 0 aliphatic rings. The van der Waals surface area contributed by atoms with Gasteiger partial charge >= 0.3 is 5.97 Å².